The van der Waals surface area contributed by atoms with Crippen LogP contribution in [0.5, 0.6) is 11.5 Å². The number of phenols is 1. The molecule has 0 aromatic heterocycles. The van der Waals surface area contributed by atoms with Crippen molar-refractivity contribution in [3.63, 3.8) is 0 Å². The molecule has 1 aromatic carbocycles. The van der Waals surface area contributed by atoms with Crippen molar-refractivity contribution in [2.75, 3.05) is 13.0 Å². The maximum atomic E-state index is 9.63. The minimum atomic E-state index is -1.09. The smallest absolute Gasteiger partial charge is 0.160 e. The Morgan fingerprint density at radius 3 is 2.60 bits per heavy atom. The molecule has 1 rings (SSSR count). The summed E-state index contributed by atoms with van der Waals surface area (Å²) in [6.07, 6.45) is -2.13. The predicted octanol–water partition coefficient (Wildman–Crippen LogP) is 1.03. The first kappa shape index (κ1) is 12.1. The Kier molecular flexibility index (Phi) is 4.20. The van der Waals surface area contributed by atoms with E-state index in [1.165, 1.54) is 25.3 Å². The van der Waals surface area contributed by atoms with Gasteiger partial charge in [0, 0.05) is 0 Å². The van der Waals surface area contributed by atoms with Crippen LogP contribution in [0.3, 0.4) is 0 Å². The number of aliphatic hydroxyl groups is 2. The van der Waals surface area contributed by atoms with Crippen molar-refractivity contribution < 1.29 is 20.1 Å². The molecule has 84 valence electrons. The fourth-order valence-electron chi connectivity index (χ4n) is 1.18. The standard InChI is InChI=1S/C10H13ClO4/c1-15-9-4-6(2-3-7(9)12)10(14)8(13)5-11/h2-4,8,10,12-14H,5H2,1H3/t8-,10-/m0/s1. The van der Waals surface area contributed by atoms with Crippen LogP contribution in [0.15, 0.2) is 18.2 Å². The molecule has 0 heterocycles. The van der Waals surface area contributed by atoms with Crippen LogP contribution in [0, 0.1) is 0 Å². The molecule has 0 radical (unpaired) electrons. The normalized spacial score (nSPS) is 14.7. The van der Waals surface area contributed by atoms with Gasteiger partial charge in [0.25, 0.3) is 0 Å². The number of aromatic hydroxyl groups is 1. The van der Waals surface area contributed by atoms with Gasteiger partial charge in [0.15, 0.2) is 11.5 Å². The SMILES string of the molecule is COc1cc([C@H](O)[C@@H](O)CCl)ccc1O. The number of alkyl halides is 1. The molecule has 3 N–H and O–H groups in total. The molecule has 0 fully saturated rings. The van der Waals surface area contributed by atoms with Gasteiger partial charge in [-0.25, -0.2) is 0 Å². The number of rotatable bonds is 4. The Balaban J connectivity index is 2.95. The number of phenolic OH excluding ortho intramolecular Hbond substituents is 1. The molecule has 15 heavy (non-hydrogen) atoms. The van der Waals surface area contributed by atoms with E-state index in [1.807, 2.05) is 0 Å². The number of benzene rings is 1. The first-order chi connectivity index (χ1) is 7.10. The number of ether oxygens (including phenoxy) is 1. The quantitative estimate of drug-likeness (QED) is 0.679. The fraction of sp³-hybridized carbons (Fsp3) is 0.400. The third kappa shape index (κ3) is 2.75. The van der Waals surface area contributed by atoms with E-state index < -0.39 is 12.2 Å². The highest BCUT2D eigenvalue weighted by molar-refractivity contribution is 6.18. The van der Waals surface area contributed by atoms with Crippen molar-refractivity contribution in [1.29, 1.82) is 0 Å². The summed E-state index contributed by atoms with van der Waals surface area (Å²) in [7, 11) is 1.41. The second kappa shape index (κ2) is 5.21. The van der Waals surface area contributed by atoms with Gasteiger partial charge in [0.05, 0.1) is 19.1 Å². The van der Waals surface area contributed by atoms with E-state index >= 15 is 0 Å². The van der Waals surface area contributed by atoms with Crippen LogP contribution in [0.4, 0.5) is 0 Å². The summed E-state index contributed by atoms with van der Waals surface area (Å²) in [5.74, 6) is 0.159. The van der Waals surface area contributed by atoms with E-state index in [0.29, 0.717) is 5.56 Å². The fourth-order valence-corrected chi connectivity index (χ4v) is 1.35. The number of hydrogen-bond donors (Lipinski definition) is 3. The summed E-state index contributed by atoms with van der Waals surface area (Å²) in [5, 5.41) is 28.3. The molecule has 0 saturated heterocycles. The first-order valence-corrected chi connectivity index (χ1v) is 4.92. The highest BCUT2D eigenvalue weighted by Crippen LogP contribution is 2.30. The number of hydrogen-bond acceptors (Lipinski definition) is 4. The third-order valence-electron chi connectivity index (χ3n) is 2.07. The molecule has 5 heteroatoms. The first-order valence-electron chi connectivity index (χ1n) is 4.39. The predicted molar refractivity (Wildman–Crippen MR) is 56.3 cm³/mol. The molecule has 0 aliphatic rings. The molecular formula is C10H13ClO4. The van der Waals surface area contributed by atoms with Gasteiger partial charge in [-0.15, -0.1) is 11.6 Å². The topological polar surface area (TPSA) is 69.9 Å². The van der Waals surface area contributed by atoms with Gasteiger partial charge in [0.1, 0.15) is 6.10 Å². The molecule has 0 saturated carbocycles. The van der Waals surface area contributed by atoms with Gasteiger partial charge in [-0.2, -0.15) is 0 Å². The zero-order valence-electron chi connectivity index (χ0n) is 8.22. The van der Waals surface area contributed by atoms with E-state index in [0.717, 1.165) is 0 Å². The third-order valence-corrected chi connectivity index (χ3v) is 2.38. The molecule has 4 nitrogen and oxygen atoms in total. The van der Waals surface area contributed by atoms with Crippen LogP contribution in [0.25, 0.3) is 0 Å². The minimum absolute atomic E-state index is 0.0196. The monoisotopic (exact) mass is 232 g/mol. The van der Waals surface area contributed by atoms with Gasteiger partial charge >= 0.3 is 0 Å². The lowest BCUT2D eigenvalue weighted by Gasteiger charge is -2.16. The second-order valence-electron chi connectivity index (χ2n) is 3.10. The van der Waals surface area contributed by atoms with Gasteiger partial charge in [-0.3, -0.25) is 0 Å². The van der Waals surface area contributed by atoms with Crippen LogP contribution in [-0.4, -0.2) is 34.4 Å². The average Bonchev–Trinajstić information content (AvgIpc) is 2.27. The van der Waals surface area contributed by atoms with Crippen LogP contribution in [-0.2, 0) is 0 Å². The van der Waals surface area contributed by atoms with E-state index in [4.69, 9.17) is 16.3 Å². The van der Waals surface area contributed by atoms with Crippen LogP contribution in [0.2, 0.25) is 0 Å². The lowest BCUT2D eigenvalue weighted by atomic mass is 10.0. The molecule has 0 aliphatic carbocycles. The van der Waals surface area contributed by atoms with Crippen molar-refractivity contribution in [3.05, 3.63) is 23.8 Å². The molecule has 0 aliphatic heterocycles. The maximum Gasteiger partial charge on any atom is 0.160 e. The highest BCUT2D eigenvalue weighted by Gasteiger charge is 2.18. The number of halogens is 1. The van der Waals surface area contributed by atoms with Crippen molar-refractivity contribution in [2.24, 2.45) is 0 Å². The van der Waals surface area contributed by atoms with Crippen LogP contribution >= 0.6 is 11.6 Å². The van der Waals surface area contributed by atoms with E-state index in [1.54, 1.807) is 0 Å². The molecule has 0 bridgehead atoms. The molecular weight excluding hydrogens is 220 g/mol. The minimum Gasteiger partial charge on any atom is -0.504 e. The number of aliphatic hydroxyl groups excluding tert-OH is 2. The summed E-state index contributed by atoms with van der Waals surface area (Å²) in [5.41, 5.74) is 0.442. The summed E-state index contributed by atoms with van der Waals surface area (Å²) >= 11 is 5.41. The van der Waals surface area contributed by atoms with Gasteiger partial charge in [-0.1, -0.05) is 6.07 Å². The average molecular weight is 233 g/mol. The van der Waals surface area contributed by atoms with Crippen molar-refractivity contribution in [2.45, 2.75) is 12.2 Å². The van der Waals surface area contributed by atoms with E-state index in [-0.39, 0.29) is 17.4 Å². The summed E-state index contributed by atoms with van der Waals surface area (Å²) in [6.45, 7) is 0. The lowest BCUT2D eigenvalue weighted by molar-refractivity contribution is 0.0325. The largest absolute Gasteiger partial charge is 0.504 e. The molecule has 2 atom stereocenters. The molecule has 0 amide bonds. The Labute approximate surface area is 92.7 Å². The zero-order valence-corrected chi connectivity index (χ0v) is 8.98. The van der Waals surface area contributed by atoms with Gasteiger partial charge in [-0.05, 0) is 17.7 Å². The Morgan fingerprint density at radius 2 is 2.07 bits per heavy atom. The summed E-state index contributed by atoms with van der Waals surface area (Å²) in [6, 6.07) is 4.34. The molecule has 1 aromatic rings. The highest BCUT2D eigenvalue weighted by atomic mass is 35.5. The van der Waals surface area contributed by atoms with Crippen molar-refractivity contribution in [3.8, 4) is 11.5 Å². The lowest BCUT2D eigenvalue weighted by Crippen LogP contribution is -2.19. The maximum absolute atomic E-state index is 9.63. The Bertz CT molecular complexity index is 329. The Morgan fingerprint density at radius 1 is 1.40 bits per heavy atom. The van der Waals surface area contributed by atoms with E-state index in [9.17, 15) is 15.3 Å². The second-order valence-corrected chi connectivity index (χ2v) is 3.41. The van der Waals surface area contributed by atoms with Crippen LogP contribution in [0.1, 0.15) is 11.7 Å². The van der Waals surface area contributed by atoms with E-state index in [2.05, 4.69) is 0 Å². The van der Waals surface area contributed by atoms with Crippen LogP contribution < -0.4 is 4.74 Å². The van der Waals surface area contributed by atoms with Gasteiger partial charge in [0.2, 0.25) is 0 Å². The Hall–Kier alpha value is -0.970. The van der Waals surface area contributed by atoms with Crippen molar-refractivity contribution >= 4 is 11.6 Å². The number of methoxy groups -OCH3 is 1. The van der Waals surface area contributed by atoms with Gasteiger partial charge < -0.3 is 20.1 Å². The molecule has 0 unspecified atom stereocenters. The zero-order chi connectivity index (χ0) is 11.4. The summed E-state index contributed by atoms with van der Waals surface area (Å²) < 4.78 is 4.87. The van der Waals surface area contributed by atoms with Crippen molar-refractivity contribution in [1.82, 2.24) is 0 Å². The summed E-state index contributed by atoms with van der Waals surface area (Å²) in [4.78, 5) is 0. The molecule has 0 spiro atoms.